The molecular formula is C16H26N2O. The van der Waals surface area contributed by atoms with Crippen LogP contribution in [0.25, 0.3) is 0 Å². The first-order valence-corrected chi connectivity index (χ1v) is 7.14. The van der Waals surface area contributed by atoms with Crippen molar-refractivity contribution in [1.82, 2.24) is 10.2 Å². The monoisotopic (exact) mass is 262 g/mol. The van der Waals surface area contributed by atoms with Gasteiger partial charge in [-0.05, 0) is 24.0 Å². The van der Waals surface area contributed by atoms with Crippen LogP contribution >= 0.6 is 0 Å². The lowest BCUT2D eigenvalue weighted by molar-refractivity contribution is 0.0842. The van der Waals surface area contributed by atoms with E-state index in [1.54, 1.807) is 0 Å². The second-order valence-corrected chi connectivity index (χ2v) is 6.62. The maximum atomic E-state index is 10.3. The molecule has 1 fully saturated rings. The van der Waals surface area contributed by atoms with Gasteiger partial charge in [-0.2, -0.15) is 0 Å². The van der Waals surface area contributed by atoms with Gasteiger partial charge in [-0.3, -0.25) is 4.90 Å². The van der Waals surface area contributed by atoms with Crippen molar-refractivity contribution in [3.8, 4) is 5.75 Å². The molecule has 0 unspecified atom stereocenters. The van der Waals surface area contributed by atoms with Crippen LogP contribution in [0.3, 0.4) is 0 Å². The van der Waals surface area contributed by atoms with Crippen LogP contribution in [-0.2, 0) is 0 Å². The van der Waals surface area contributed by atoms with Gasteiger partial charge in [0.05, 0.1) is 0 Å². The van der Waals surface area contributed by atoms with E-state index in [0.717, 1.165) is 37.3 Å². The molecule has 0 amide bonds. The van der Waals surface area contributed by atoms with Crippen LogP contribution in [-0.4, -0.2) is 36.2 Å². The highest BCUT2D eigenvalue weighted by Gasteiger charge is 2.34. The summed E-state index contributed by atoms with van der Waals surface area (Å²) in [6.45, 7) is 12.9. The van der Waals surface area contributed by atoms with Crippen molar-refractivity contribution in [2.24, 2.45) is 5.41 Å². The Balaban J connectivity index is 2.36. The number of phenols is 1. The van der Waals surface area contributed by atoms with Gasteiger partial charge in [0, 0.05) is 37.8 Å². The van der Waals surface area contributed by atoms with Gasteiger partial charge < -0.3 is 10.4 Å². The maximum Gasteiger partial charge on any atom is 0.120 e. The summed E-state index contributed by atoms with van der Waals surface area (Å²) in [7, 11) is 0. The second-order valence-electron chi connectivity index (χ2n) is 6.62. The van der Waals surface area contributed by atoms with E-state index < -0.39 is 0 Å². The molecule has 0 spiro atoms. The summed E-state index contributed by atoms with van der Waals surface area (Å²) in [4.78, 5) is 2.49. The lowest BCUT2D eigenvalue weighted by Crippen LogP contribution is -2.48. The Morgan fingerprint density at radius 2 is 1.84 bits per heavy atom. The van der Waals surface area contributed by atoms with Gasteiger partial charge in [0.15, 0.2) is 0 Å². The average molecular weight is 262 g/mol. The van der Waals surface area contributed by atoms with Crippen LogP contribution in [0, 0.1) is 12.3 Å². The van der Waals surface area contributed by atoms with Gasteiger partial charge in [0.2, 0.25) is 0 Å². The minimum Gasteiger partial charge on any atom is -0.508 e. The Morgan fingerprint density at radius 3 is 2.37 bits per heavy atom. The molecular weight excluding hydrogens is 236 g/mol. The van der Waals surface area contributed by atoms with Crippen molar-refractivity contribution in [2.45, 2.75) is 33.7 Å². The molecule has 0 aromatic heterocycles. The fourth-order valence-electron chi connectivity index (χ4n) is 3.04. The number of phenolic OH excluding ortho intramolecular Hbond substituents is 1. The van der Waals surface area contributed by atoms with Crippen LogP contribution < -0.4 is 5.32 Å². The third-order valence-electron chi connectivity index (χ3n) is 3.82. The number of aromatic hydroxyl groups is 1. The molecule has 1 aliphatic rings. The molecule has 1 aromatic rings. The molecule has 1 saturated heterocycles. The van der Waals surface area contributed by atoms with Crippen molar-refractivity contribution in [1.29, 1.82) is 0 Å². The molecule has 0 radical (unpaired) electrons. The Bertz CT molecular complexity index is 431. The van der Waals surface area contributed by atoms with E-state index in [1.807, 2.05) is 13.0 Å². The molecule has 1 aliphatic heterocycles. The van der Waals surface area contributed by atoms with E-state index in [9.17, 15) is 5.11 Å². The molecule has 3 heteroatoms. The molecule has 3 nitrogen and oxygen atoms in total. The van der Waals surface area contributed by atoms with Gasteiger partial charge in [0.1, 0.15) is 5.75 Å². The van der Waals surface area contributed by atoms with Gasteiger partial charge in [-0.1, -0.05) is 32.9 Å². The van der Waals surface area contributed by atoms with Crippen molar-refractivity contribution < 1.29 is 5.11 Å². The Morgan fingerprint density at radius 1 is 1.21 bits per heavy atom. The van der Waals surface area contributed by atoms with Gasteiger partial charge in [-0.25, -0.2) is 0 Å². The van der Waals surface area contributed by atoms with E-state index in [0.29, 0.717) is 5.75 Å². The first-order valence-electron chi connectivity index (χ1n) is 7.14. The van der Waals surface area contributed by atoms with Crippen molar-refractivity contribution in [3.63, 3.8) is 0 Å². The number of hydrogen-bond donors (Lipinski definition) is 2. The van der Waals surface area contributed by atoms with E-state index in [4.69, 9.17) is 0 Å². The van der Waals surface area contributed by atoms with Gasteiger partial charge in [0.25, 0.3) is 0 Å². The number of rotatable bonds is 2. The summed E-state index contributed by atoms with van der Waals surface area (Å²) in [5.74, 6) is 0.429. The number of nitrogens with one attached hydrogen (secondary N) is 1. The van der Waals surface area contributed by atoms with E-state index in [2.05, 4.69) is 43.1 Å². The topological polar surface area (TPSA) is 35.5 Å². The SMILES string of the molecule is Cc1ccc([C@@H](N2CCNCC2)C(C)(C)C)c(O)c1. The largest absolute Gasteiger partial charge is 0.508 e. The summed E-state index contributed by atoms with van der Waals surface area (Å²) < 4.78 is 0. The van der Waals surface area contributed by atoms with Crippen LogP contribution in [0.5, 0.6) is 5.75 Å². The number of aryl methyl sites for hydroxylation is 1. The number of nitrogens with zero attached hydrogens (tertiary/aromatic N) is 1. The zero-order valence-electron chi connectivity index (χ0n) is 12.5. The van der Waals surface area contributed by atoms with Crippen molar-refractivity contribution >= 4 is 0 Å². The highest BCUT2D eigenvalue weighted by Crippen LogP contribution is 2.41. The number of benzene rings is 1. The lowest BCUT2D eigenvalue weighted by atomic mass is 9.80. The second kappa shape index (κ2) is 5.51. The van der Waals surface area contributed by atoms with Crippen LogP contribution in [0.2, 0.25) is 0 Å². The quantitative estimate of drug-likeness (QED) is 0.860. The van der Waals surface area contributed by atoms with Gasteiger partial charge in [-0.15, -0.1) is 0 Å². The third kappa shape index (κ3) is 3.28. The summed E-state index contributed by atoms with van der Waals surface area (Å²) in [5.41, 5.74) is 2.26. The van der Waals surface area contributed by atoms with E-state index in [1.165, 1.54) is 0 Å². The van der Waals surface area contributed by atoms with Crippen LogP contribution in [0.4, 0.5) is 0 Å². The summed E-state index contributed by atoms with van der Waals surface area (Å²) in [6, 6.07) is 6.31. The molecule has 106 valence electrons. The minimum absolute atomic E-state index is 0.101. The number of piperazine rings is 1. The fourth-order valence-corrected chi connectivity index (χ4v) is 3.04. The Hall–Kier alpha value is -1.06. The van der Waals surface area contributed by atoms with E-state index >= 15 is 0 Å². The molecule has 0 bridgehead atoms. The first-order chi connectivity index (χ1) is 8.89. The molecule has 0 aliphatic carbocycles. The first kappa shape index (κ1) is 14.4. The summed E-state index contributed by atoms with van der Waals surface area (Å²) >= 11 is 0. The predicted molar refractivity (Wildman–Crippen MR) is 79.5 cm³/mol. The van der Waals surface area contributed by atoms with Gasteiger partial charge >= 0.3 is 0 Å². The maximum absolute atomic E-state index is 10.3. The fraction of sp³-hybridized carbons (Fsp3) is 0.625. The summed E-state index contributed by atoms with van der Waals surface area (Å²) in [6.07, 6.45) is 0. The molecule has 1 aromatic carbocycles. The van der Waals surface area contributed by atoms with E-state index in [-0.39, 0.29) is 11.5 Å². The molecule has 0 saturated carbocycles. The zero-order valence-corrected chi connectivity index (χ0v) is 12.5. The Kier molecular flexibility index (Phi) is 4.16. The average Bonchev–Trinajstić information content (AvgIpc) is 2.32. The Labute approximate surface area is 116 Å². The molecule has 19 heavy (non-hydrogen) atoms. The minimum atomic E-state index is 0.101. The third-order valence-corrected chi connectivity index (χ3v) is 3.82. The summed E-state index contributed by atoms with van der Waals surface area (Å²) in [5, 5.41) is 13.7. The standard InChI is InChI=1S/C16H26N2O/c1-12-5-6-13(14(19)11-12)15(16(2,3)4)18-9-7-17-8-10-18/h5-6,11,15,17,19H,7-10H2,1-4H3/t15-/m1/s1. The molecule has 2 rings (SSSR count). The molecule has 2 N–H and O–H groups in total. The lowest BCUT2D eigenvalue weighted by Gasteiger charge is -2.42. The molecule has 1 heterocycles. The smallest absolute Gasteiger partial charge is 0.120 e. The predicted octanol–water partition coefficient (Wildman–Crippen LogP) is 2.69. The van der Waals surface area contributed by atoms with Crippen molar-refractivity contribution in [2.75, 3.05) is 26.2 Å². The van der Waals surface area contributed by atoms with Crippen molar-refractivity contribution in [3.05, 3.63) is 29.3 Å². The highest BCUT2D eigenvalue weighted by molar-refractivity contribution is 5.39. The zero-order chi connectivity index (χ0) is 14.0. The molecule has 1 atom stereocenters. The highest BCUT2D eigenvalue weighted by atomic mass is 16.3. The van der Waals surface area contributed by atoms with Crippen LogP contribution in [0.15, 0.2) is 18.2 Å². The number of hydrogen-bond acceptors (Lipinski definition) is 3. The normalized spacial score (nSPS) is 19.4. The van der Waals surface area contributed by atoms with Crippen LogP contribution in [0.1, 0.15) is 37.9 Å².